The highest BCUT2D eigenvalue weighted by Gasteiger charge is 2.35. The highest BCUT2D eigenvalue weighted by molar-refractivity contribution is 7.80. The summed E-state index contributed by atoms with van der Waals surface area (Å²) in [6, 6.07) is 18.7. The van der Waals surface area contributed by atoms with E-state index in [1.165, 1.54) is 0 Å². The van der Waals surface area contributed by atoms with Crippen LogP contribution in [-0.2, 0) is 15.0 Å². The molecule has 3 rings (SSSR count). The van der Waals surface area contributed by atoms with Crippen LogP contribution in [0.25, 0.3) is 22.3 Å². The Balaban J connectivity index is 2.62. The van der Waals surface area contributed by atoms with Gasteiger partial charge in [0.15, 0.2) is 0 Å². The van der Waals surface area contributed by atoms with E-state index in [1.54, 1.807) is 0 Å². The predicted molar refractivity (Wildman–Crippen MR) is 146 cm³/mol. The number of phenolic OH excluding ortho intramolecular Hbond substituents is 1. The van der Waals surface area contributed by atoms with Crippen LogP contribution in [0, 0.1) is 0 Å². The van der Waals surface area contributed by atoms with Gasteiger partial charge in [-0.3, -0.25) is 9.59 Å². The van der Waals surface area contributed by atoms with Gasteiger partial charge in [0.05, 0.1) is 12.8 Å². The summed E-state index contributed by atoms with van der Waals surface area (Å²) in [4.78, 5) is 23.5. The Bertz CT molecular complexity index is 1220. The average Bonchev–Trinajstić information content (AvgIpc) is 2.77. The third kappa shape index (κ3) is 5.85. The van der Waals surface area contributed by atoms with Crippen molar-refractivity contribution in [1.29, 1.82) is 0 Å². The van der Waals surface area contributed by atoms with Crippen LogP contribution in [-0.4, -0.2) is 27.3 Å². The second kappa shape index (κ2) is 10.8. The molecule has 0 spiro atoms. The van der Waals surface area contributed by atoms with Gasteiger partial charge in [0.1, 0.15) is 5.75 Å². The molecule has 0 amide bonds. The fourth-order valence-electron chi connectivity index (χ4n) is 4.52. The van der Waals surface area contributed by atoms with Gasteiger partial charge in [0.2, 0.25) is 0 Å². The number of benzene rings is 3. The lowest BCUT2D eigenvalue weighted by Gasteiger charge is -2.33. The smallest absolute Gasteiger partial charge is 0.304 e. The van der Waals surface area contributed by atoms with Crippen molar-refractivity contribution in [2.75, 3.05) is 0 Å². The van der Waals surface area contributed by atoms with Crippen molar-refractivity contribution < 1.29 is 24.9 Å². The molecule has 5 nitrogen and oxygen atoms in total. The van der Waals surface area contributed by atoms with Crippen LogP contribution >= 0.6 is 25.3 Å². The van der Waals surface area contributed by atoms with Gasteiger partial charge in [-0.2, -0.15) is 25.3 Å². The molecule has 0 aliphatic rings. The number of thiol groups is 2. The van der Waals surface area contributed by atoms with Crippen LogP contribution in [0.1, 0.15) is 60.8 Å². The third-order valence-electron chi connectivity index (χ3n) is 5.83. The van der Waals surface area contributed by atoms with Gasteiger partial charge in [-0.1, -0.05) is 81.4 Å². The Morgan fingerprint density at radius 2 is 1.14 bits per heavy atom. The van der Waals surface area contributed by atoms with Crippen molar-refractivity contribution in [2.24, 2.45) is 0 Å². The zero-order chi connectivity index (χ0) is 25.9. The maximum atomic E-state index is 11.8. The van der Waals surface area contributed by atoms with E-state index in [-0.39, 0.29) is 18.6 Å². The average molecular weight is 511 g/mol. The minimum atomic E-state index is -1.05. The van der Waals surface area contributed by atoms with Gasteiger partial charge in [0, 0.05) is 21.6 Å². The predicted octanol–water partition coefficient (Wildman–Crippen LogP) is 6.91. The van der Waals surface area contributed by atoms with Gasteiger partial charge >= 0.3 is 11.9 Å². The molecule has 0 saturated heterocycles. The molecule has 7 heteroatoms. The van der Waals surface area contributed by atoms with E-state index in [9.17, 15) is 24.9 Å². The number of carboxylic acids is 2. The number of hydrogen-bond acceptors (Lipinski definition) is 5. The molecule has 0 saturated carbocycles. The van der Waals surface area contributed by atoms with Crippen LogP contribution in [0.15, 0.2) is 60.7 Å². The van der Waals surface area contributed by atoms with Gasteiger partial charge < -0.3 is 15.3 Å². The zero-order valence-electron chi connectivity index (χ0n) is 19.9. The number of phenols is 1. The molecule has 2 atom stereocenters. The zero-order valence-corrected chi connectivity index (χ0v) is 21.7. The number of hydrogen-bond donors (Lipinski definition) is 5. The number of carboxylic acid groups (broad SMARTS) is 2. The summed E-state index contributed by atoms with van der Waals surface area (Å²) >= 11 is 9.37. The molecule has 0 aliphatic carbocycles. The molecule has 0 heterocycles. The molecule has 35 heavy (non-hydrogen) atoms. The largest absolute Gasteiger partial charge is 0.507 e. The fourth-order valence-corrected chi connectivity index (χ4v) is 5.34. The molecule has 2 unspecified atom stereocenters. The summed E-state index contributed by atoms with van der Waals surface area (Å²) in [7, 11) is 0. The minimum Gasteiger partial charge on any atom is -0.507 e. The lowest BCUT2D eigenvalue weighted by Crippen LogP contribution is -2.19. The molecular weight excluding hydrogens is 480 g/mol. The van der Waals surface area contributed by atoms with Crippen LogP contribution in [0.3, 0.4) is 0 Å². The van der Waals surface area contributed by atoms with Crippen molar-refractivity contribution in [1.82, 2.24) is 0 Å². The highest BCUT2D eigenvalue weighted by Crippen LogP contribution is 2.54. The molecule has 3 aromatic rings. The summed E-state index contributed by atoms with van der Waals surface area (Å²) < 4.78 is 0. The second-order valence-electron chi connectivity index (χ2n) is 9.51. The molecule has 0 aromatic heterocycles. The summed E-state index contributed by atoms with van der Waals surface area (Å²) in [5.74, 6) is -2.10. The number of aromatic hydroxyl groups is 1. The first-order valence-electron chi connectivity index (χ1n) is 11.3. The standard InChI is InChI=1S/C28H30O5S2/c1-28(2,3)26-23(17-12-8-5-9-13-17)24(18(34)14-20(29)30)22(16-10-6-4-7-11-16)25(27(26)33)19(35)15-21(31)32/h4-13,18-19,33-35H,14-15H2,1-3H3,(H,29,30)(H,31,32). The fraction of sp³-hybridized carbons (Fsp3) is 0.286. The SMILES string of the molecule is CC(C)(C)c1c(O)c(C(S)CC(=O)O)c(-c2ccccc2)c(C(S)CC(=O)O)c1-c1ccccc1. The summed E-state index contributed by atoms with van der Waals surface area (Å²) in [6.45, 7) is 5.87. The van der Waals surface area contributed by atoms with Crippen molar-refractivity contribution in [3.05, 3.63) is 77.4 Å². The maximum Gasteiger partial charge on any atom is 0.304 e. The van der Waals surface area contributed by atoms with Crippen LogP contribution < -0.4 is 0 Å². The first-order valence-corrected chi connectivity index (χ1v) is 12.3. The lowest BCUT2D eigenvalue weighted by molar-refractivity contribution is -0.138. The van der Waals surface area contributed by atoms with Gasteiger partial charge in [-0.25, -0.2) is 0 Å². The lowest BCUT2D eigenvalue weighted by atomic mass is 9.73. The monoisotopic (exact) mass is 510 g/mol. The first kappa shape index (κ1) is 26.7. The van der Waals surface area contributed by atoms with E-state index in [2.05, 4.69) is 12.6 Å². The molecular formula is C28H30O5S2. The van der Waals surface area contributed by atoms with Crippen LogP contribution in [0.5, 0.6) is 5.75 Å². The first-order chi connectivity index (χ1) is 16.4. The van der Waals surface area contributed by atoms with Gasteiger partial charge in [0.25, 0.3) is 0 Å². The maximum absolute atomic E-state index is 11.8. The Morgan fingerprint density at radius 1 is 0.743 bits per heavy atom. The van der Waals surface area contributed by atoms with E-state index in [0.29, 0.717) is 27.8 Å². The molecule has 0 radical (unpaired) electrons. The Labute approximate surface area is 216 Å². The van der Waals surface area contributed by atoms with E-state index in [1.807, 2.05) is 81.4 Å². The van der Waals surface area contributed by atoms with Crippen molar-refractivity contribution in [3.63, 3.8) is 0 Å². The minimum absolute atomic E-state index is 0.0314. The van der Waals surface area contributed by atoms with Crippen molar-refractivity contribution in [2.45, 2.75) is 49.5 Å². The van der Waals surface area contributed by atoms with E-state index >= 15 is 0 Å². The normalized spacial score (nSPS) is 13.3. The van der Waals surface area contributed by atoms with Gasteiger partial charge in [-0.05, 0) is 33.2 Å². The number of rotatable bonds is 8. The Hall–Kier alpha value is -2.90. The molecule has 3 aromatic carbocycles. The molecule has 184 valence electrons. The highest BCUT2D eigenvalue weighted by atomic mass is 32.1. The number of carbonyl (C=O) groups is 2. The quantitative estimate of drug-likeness (QED) is 0.212. The van der Waals surface area contributed by atoms with Gasteiger partial charge in [-0.15, -0.1) is 0 Å². The number of aliphatic carboxylic acids is 2. The summed E-state index contributed by atoms with van der Waals surface area (Å²) in [5, 5.41) is 29.4. The summed E-state index contributed by atoms with van der Waals surface area (Å²) in [5.41, 5.74) is 3.84. The molecule has 0 bridgehead atoms. The Kier molecular flexibility index (Phi) is 8.23. The van der Waals surface area contributed by atoms with Crippen molar-refractivity contribution >= 4 is 37.2 Å². The van der Waals surface area contributed by atoms with Crippen LogP contribution in [0.2, 0.25) is 0 Å². The third-order valence-corrected chi connectivity index (χ3v) is 6.71. The van der Waals surface area contributed by atoms with Crippen molar-refractivity contribution in [3.8, 4) is 28.0 Å². The second-order valence-corrected chi connectivity index (χ2v) is 10.8. The van der Waals surface area contributed by atoms with E-state index < -0.39 is 27.9 Å². The molecule has 0 aliphatic heterocycles. The Morgan fingerprint density at radius 3 is 1.54 bits per heavy atom. The van der Waals surface area contributed by atoms with Crippen LogP contribution in [0.4, 0.5) is 0 Å². The molecule has 3 N–H and O–H groups in total. The van der Waals surface area contributed by atoms with E-state index in [0.717, 1.165) is 11.1 Å². The molecule has 0 fully saturated rings. The van der Waals surface area contributed by atoms with E-state index in [4.69, 9.17) is 12.6 Å². The summed E-state index contributed by atoms with van der Waals surface area (Å²) in [6.07, 6.45) is -0.576. The topological polar surface area (TPSA) is 94.8 Å².